The molecule has 2 aromatic carbocycles. The number of methoxy groups -OCH3 is 1. The van der Waals surface area contributed by atoms with Crippen LogP contribution in [0.2, 0.25) is 0 Å². The molecular weight excluding hydrogens is 383 g/mol. The summed E-state index contributed by atoms with van der Waals surface area (Å²) >= 11 is 0. The fourth-order valence-electron chi connectivity index (χ4n) is 3.31. The molecule has 0 saturated carbocycles. The quantitative estimate of drug-likeness (QED) is 0.766. The standard InChI is InChI=1S/C20H23FN2O4S/c1-22(17-5-7-18(27-2)8-6-17)20(24)15-11-13-23(14-12-15)28(25,26)19-9-3-16(21)4-10-19/h3-10,15H,11-14H2,1-2H3. The Morgan fingerprint density at radius 1 is 1.07 bits per heavy atom. The fraction of sp³-hybridized carbons (Fsp3) is 0.350. The minimum atomic E-state index is -3.68. The van der Waals surface area contributed by atoms with Gasteiger partial charge in [0.25, 0.3) is 0 Å². The first-order valence-electron chi connectivity index (χ1n) is 9.00. The zero-order valence-corrected chi connectivity index (χ0v) is 16.7. The van der Waals surface area contributed by atoms with Crippen LogP contribution in [-0.4, -0.2) is 45.9 Å². The van der Waals surface area contributed by atoms with Crippen molar-refractivity contribution < 1.29 is 22.3 Å². The number of sulfonamides is 1. The molecule has 0 atom stereocenters. The molecule has 0 N–H and O–H groups in total. The van der Waals surface area contributed by atoms with E-state index in [1.54, 1.807) is 31.2 Å². The molecule has 6 nitrogen and oxygen atoms in total. The van der Waals surface area contributed by atoms with Crippen molar-refractivity contribution >= 4 is 21.6 Å². The van der Waals surface area contributed by atoms with E-state index in [0.29, 0.717) is 18.6 Å². The number of carbonyl (C=O) groups excluding carboxylic acids is 1. The Kier molecular flexibility index (Phi) is 6.00. The third kappa shape index (κ3) is 4.18. The molecule has 8 heteroatoms. The Bertz CT molecular complexity index is 922. The van der Waals surface area contributed by atoms with E-state index in [1.165, 1.54) is 16.4 Å². The van der Waals surface area contributed by atoms with Gasteiger partial charge in [-0.1, -0.05) is 0 Å². The smallest absolute Gasteiger partial charge is 0.243 e. The van der Waals surface area contributed by atoms with Gasteiger partial charge in [-0.05, 0) is 61.4 Å². The first-order valence-corrected chi connectivity index (χ1v) is 10.4. The zero-order valence-electron chi connectivity index (χ0n) is 15.8. The van der Waals surface area contributed by atoms with Gasteiger partial charge in [0.1, 0.15) is 11.6 Å². The monoisotopic (exact) mass is 406 g/mol. The first-order chi connectivity index (χ1) is 13.3. The molecule has 1 aliphatic heterocycles. The molecule has 1 fully saturated rings. The van der Waals surface area contributed by atoms with Crippen molar-refractivity contribution in [1.82, 2.24) is 4.31 Å². The van der Waals surface area contributed by atoms with Crippen LogP contribution < -0.4 is 9.64 Å². The van der Waals surface area contributed by atoms with Crippen molar-refractivity contribution in [2.24, 2.45) is 5.92 Å². The van der Waals surface area contributed by atoms with Crippen molar-refractivity contribution in [3.8, 4) is 5.75 Å². The van der Waals surface area contributed by atoms with Crippen LogP contribution in [-0.2, 0) is 14.8 Å². The van der Waals surface area contributed by atoms with Gasteiger partial charge in [-0.25, -0.2) is 12.8 Å². The lowest BCUT2D eigenvalue weighted by Crippen LogP contribution is -2.43. The van der Waals surface area contributed by atoms with Gasteiger partial charge in [-0.15, -0.1) is 0 Å². The maximum Gasteiger partial charge on any atom is 0.243 e. The number of hydrogen-bond acceptors (Lipinski definition) is 4. The van der Waals surface area contributed by atoms with Gasteiger partial charge in [-0.3, -0.25) is 4.79 Å². The second kappa shape index (κ2) is 8.28. The van der Waals surface area contributed by atoms with Crippen LogP contribution in [0.5, 0.6) is 5.75 Å². The first kappa shape index (κ1) is 20.3. The third-order valence-electron chi connectivity index (χ3n) is 5.04. The van der Waals surface area contributed by atoms with E-state index >= 15 is 0 Å². The predicted octanol–water partition coefficient (Wildman–Crippen LogP) is 2.90. The number of carbonyl (C=O) groups is 1. The molecular formula is C20H23FN2O4S. The van der Waals surface area contributed by atoms with Gasteiger partial charge in [0.05, 0.1) is 12.0 Å². The number of anilines is 1. The van der Waals surface area contributed by atoms with Crippen LogP contribution in [0.4, 0.5) is 10.1 Å². The highest BCUT2D eigenvalue weighted by molar-refractivity contribution is 7.89. The third-order valence-corrected chi connectivity index (χ3v) is 6.96. The second-order valence-electron chi connectivity index (χ2n) is 6.73. The highest BCUT2D eigenvalue weighted by Gasteiger charge is 2.33. The van der Waals surface area contributed by atoms with E-state index in [9.17, 15) is 17.6 Å². The van der Waals surface area contributed by atoms with E-state index in [2.05, 4.69) is 0 Å². The highest BCUT2D eigenvalue weighted by atomic mass is 32.2. The summed E-state index contributed by atoms with van der Waals surface area (Å²) in [6.07, 6.45) is 0.888. The number of ether oxygens (including phenoxy) is 1. The number of nitrogens with zero attached hydrogens (tertiary/aromatic N) is 2. The molecule has 2 aromatic rings. The topological polar surface area (TPSA) is 66.9 Å². The molecule has 28 heavy (non-hydrogen) atoms. The molecule has 0 aliphatic carbocycles. The Labute approximate surface area is 164 Å². The van der Waals surface area contributed by atoms with E-state index in [4.69, 9.17) is 4.74 Å². The van der Waals surface area contributed by atoms with Gasteiger partial charge < -0.3 is 9.64 Å². The van der Waals surface area contributed by atoms with Crippen LogP contribution >= 0.6 is 0 Å². The van der Waals surface area contributed by atoms with Crippen molar-refractivity contribution in [2.75, 3.05) is 32.1 Å². The number of piperidine rings is 1. The van der Waals surface area contributed by atoms with Crippen LogP contribution in [0.25, 0.3) is 0 Å². The summed E-state index contributed by atoms with van der Waals surface area (Å²) in [6, 6.07) is 12.0. The van der Waals surface area contributed by atoms with Crippen molar-refractivity contribution in [1.29, 1.82) is 0 Å². The molecule has 0 radical (unpaired) electrons. The maximum atomic E-state index is 13.1. The van der Waals surface area contributed by atoms with Crippen LogP contribution in [0.15, 0.2) is 53.4 Å². The zero-order chi connectivity index (χ0) is 20.3. The Balaban J connectivity index is 1.64. The lowest BCUT2D eigenvalue weighted by atomic mass is 9.96. The van der Waals surface area contributed by atoms with E-state index in [-0.39, 0.29) is 29.8 Å². The molecule has 0 spiro atoms. The number of halogens is 1. The lowest BCUT2D eigenvalue weighted by molar-refractivity contribution is -0.123. The average molecular weight is 406 g/mol. The van der Waals surface area contributed by atoms with Gasteiger partial charge in [0.15, 0.2) is 0 Å². The number of amides is 1. The fourth-order valence-corrected chi connectivity index (χ4v) is 4.78. The highest BCUT2D eigenvalue weighted by Crippen LogP contribution is 2.27. The summed E-state index contributed by atoms with van der Waals surface area (Å²) < 4.78 is 44.9. The van der Waals surface area contributed by atoms with Crippen LogP contribution in [0.1, 0.15) is 12.8 Å². The lowest BCUT2D eigenvalue weighted by Gasteiger charge is -2.32. The summed E-state index contributed by atoms with van der Waals surface area (Å²) in [6.45, 7) is 0.513. The Morgan fingerprint density at radius 3 is 2.18 bits per heavy atom. The second-order valence-corrected chi connectivity index (χ2v) is 8.67. The molecule has 1 heterocycles. The van der Waals surface area contributed by atoms with Crippen molar-refractivity contribution in [3.63, 3.8) is 0 Å². The molecule has 3 rings (SSSR count). The SMILES string of the molecule is COc1ccc(N(C)C(=O)C2CCN(S(=O)(=O)c3ccc(F)cc3)CC2)cc1. The summed E-state index contributed by atoms with van der Waals surface area (Å²) in [4.78, 5) is 14.5. The molecule has 0 unspecified atom stereocenters. The van der Waals surface area contributed by atoms with E-state index < -0.39 is 15.8 Å². The van der Waals surface area contributed by atoms with Gasteiger partial charge in [0.2, 0.25) is 15.9 Å². The van der Waals surface area contributed by atoms with Gasteiger partial charge in [-0.2, -0.15) is 4.31 Å². The van der Waals surface area contributed by atoms with Crippen molar-refractivity contribution in [2.45, 2.75) is 17.7 Å². The van der Waals surface area contributed by atoms with E-state index in [0.717, 1.165) is 17.8 Å². The van der Waals surface area contributed by atoms with Crippen molar-refractivity contribution in [3.05, 3.63) is 54.3 Å². The van der Waals surface area contributed by atoms with Gasteiger partial charge in [0, 0.05) is 31.7 Å². The minimum absolute atomic E-state index is 0.0380. The Hall–Kier alpha value is -2.45. The normalized spacial score (nSPS) is 16.0. The molecule has 0 bridgehead atoms. The summed E-state index contributed by atoms with van der Waals surface area (Å²) in [5.41, 5.74) is 0.757. The average Bonchev–Trinajstić information content (AvgIpc) is 2.73. The summed E-state index contributed by atoms with van der Waals surface area (Å²) in [5, 5.41) is 0. The molecule has 1 aliphatic rings. The molecule has 150 valence electrons. The largest absolute Gasteiger partial charge is 0.497 e. The number of hydrogen-bond donors (Lipinski definition) is 0. The number of benzene rings is 2. The molecule has 0 aromatic heterocycles. The maximum absolute atomic E-state index is 13.1. The predicted molar refractivity (Wildman–Crippen MR) is 104 cm³/mol. The van der Waals surface area contributed by atoms with E-state index in [1.807, 2.05) is 12.1 Å². The Morgan fingerprint density at radius 2 is 1.64 bits per heavy atom. The van der Waals surface area contributed by atoms with Crippen LogP contribution in [0, 0.1) is 11.7 Å². The van der Waals surface area contributed by atoms with Gasteiger partial charge >= 0.3 is 0 Å². The number of rotatable bonds is 5. The molecule has 1 amide bonds. The summed E-state index contributed by atoms with van der Waals surface area (Å²) in [5.74, 6) is -0.0514. The summed E-state index contributed by atoms with van der Waals surface area (Å²) in [7, 11) is -0.385. The molecule has 1 saturated heterocycles. The minimum Gasteiger partial charge on any atom is -0.497 e. The van der Waals surface area contributed by atoms with Crippen LogP contribution in [0.3, 0.4) is 0 Å².